The maximum absolute atomic E-state index is 12.6. The molecule has 7 heteroatoms. The van der Waals surface area contributed by atoms with Gasteiger partial charge < -0.3 is 15.3 Å². The highest BCUT2D eigenvalue weighted by Crippen LogP contribution is 2.25. The number of hydrogen-bond donors (Lipinski definition) is 3. The number of benzene rings is 2. The molecule has 1 aliphatic rings. The van der Waals surface area contributed by atoms with Crippen molar-refractivity contribution < 1.29 is 4.79 Å². The Morgan fingerprint density at radius 1 is 1.17 bits per heavy atom. The number of rotatable bonds is 5. The van der Waals surface area contributed by atoms with Gasteiger partial charge in [-0.05, 0) is 61.8 Å². The van der Waals surface area contributed by atoms with Crippen molar-refractivity contribution in [3.63, 3.8) is 0 Å². The fourth-order valence-electron chi connectivity index (χ4n) is 4.28. The van der Waals surface area contributed by atoms with E-state index >= 15 is 0 Å². The number of imidazole rings is 1. The van der Waals surface area contributed by atoms with E-state index in [-0.39, 0.29) is 11.8 Å². The maximum atomic E-state index is 12.6. The van der Waals surface area contributed by atoms with Crippen LogP contribution in [0.2, 0.25) is 5.02 Å². The normalized spacial score (nSPS) is 15.8. The number of carbonyl (C=O) groups excluding carboxylic acids is 1. The number of amides is 1. The molecule has 0 spiro atoms. The van der Waals surface area contributed by atoms with Crippen molar-refractivity contribution >= 4 is 39.4 Å². The standard InChI is InChI=1S/C23H24ClN5O/c24-17-5-6-19-18(11-17)16(12-25-19)14-29-9-7-15(8-10-29)23(30)26-13-22-27-20-3-1-2-4-21(20)28-22/h1-6,11-12,15,25H,7-10,13-14H2,(H,26,30)(H,27,28). The molecule has 0 saturated carbocycles. The van der Waals surface area contributed by atoms with E-state index < -0.39 is 0 Å². The fraction of sp³-hybridized carbons (Fsp3) is 0.304. The first-order valence-corrected chi connectivity index (χ1v) is 10.7. The first kappa shape index (κ1) is 19.2. The quantitative estimate of drug-likeness (QED) is 0.451. The van der Waals surface area contributed by atoms with Gasteiger partial charge in [-0.2, -0.15) is 0 Å². The molecule has 0 radical (unpaired) electrons. The average molecular weight is 422 g/mol. The van der Waals surface area contributed by atoms with Crippen molar-refractivity contribution in [2.75, 3.05) is 13.1 Å². The molecule has 0 atom stereocenters. The number of nitrogens with one attached hydrogen (secondary N) is 3. The molecule has 6 nitrogen and oxygen atoms in total. The number of halogens is 1. The number of nitrogens with zero attached hydrogens (tertiary/aromatic N) is 2. The highest BCUT2D eigenvalue weighted by molar-refractivity contribution is 6.31. The molecule has 2 aromatic carbocycles. The van der Waals surface area contributed by atoms with Gasteiger partial charge in [-0.25, -0.2) is 4.98 Å². The second-order valence-electron chi connectivity index (χ2n) is 7.97. The number of carbonyl (C=O) groups is 1. The van der Waals surface area contributed by atoms with Gasteiger partial charge in [0.2, 0.25) is 5.91 Å². The van der Waals surface area contributed by atoms with E-state index in [9.17, 15) is 4.79 Å². The summed E-state index contributed by atoms with van der Waals surface area (Å²) in [5.41, 5.74) is 4.27. The number of aromatic nitrogens is 3. The molecule has 0 aliphatic carbocycles. The smallest absolute Gasteiger partial charge is 0.223 e. The summed E-state index contributed by atoms with van der Waals surface area (Å²) in [4.78, 5) is 26.1. The molecule has 5 rings (SSSR count). The van der Waals surface area contributed by atoms with Gasteiger partial charge in [0.25, 0.3) is 0 Å². The van der Waals surface area contributed by atoms with Crippen LogP contribution in [0.15, 0.2) is 48.7 Å². The van der Waals surface area contributed by atoms with Crippen LogP contribution in [0.3, 0.4) is 0 Å². The second kappa shape index (κ2) is 8.13. The minimum atomic E-state index is 0.0584. The van der Waals surface area contributed by atoms with E-state index in [1.807, 2.05) is 42.5 Å². The van der Waals surface area contributed by atoms with Crippen LogP contribution in [-0.2, 0) is 17.9 Å². The SMILES string of the molecule is O=C(NCc1nc2ccccc2[nH]1)C1CCN(Cc2c[nH]c3ccc(Cl)cc23)CC1. The molecule has 0 bridgehead atoms. The fourth-order valence-corrected chi connectivity index (χ4v) is 4.45. The van der Waals surface area contributed by atoms with Gasteiger partial charge in [-0.15, -0.1) is 0 Å². The molecule has 3 N–H and O–H groups in total. The molecule has 0 unspecified atom stereocenters. The third-order valence-electron chi connectivity index (χ3n) is 5.95. The van der Waals surface area contributed by atoms with Crippen LogP contribution in [0, 0.1) is 5.92 Å². The van der Waals surface area contributed by atoms with Gasteiger partial charge in [0, 0.05) is 34.6 Å². The van der Waals surface area contributed by atoms with Crippen LogP contribution in [0.25, 0.3) is 21.9 Å². The number of para-hydroxylation sites is 2. The third-order valence-corrected chi connectivity index (χ3v) is 6.19. The number of aromatic amines is 2. The van der Waals surface area contributed by atoms with Gasteiger partial charge in [0.05, 0.1) is 17.6 Å². The van der Waals surface area contributed by atoms with E-state index in [0.29, 0.717) is 6.54 Å². The summed E-state index contributed by atoms with van der Waals surface area (Å²) >= 11 is 6.16. The lowest BCUT2D eigenvalue weighted by molar-refractivity contribution is -0.126. The predicted molar refractivity (Wildman–Crippen MR) is 119 cm³/mol. The summed E-state index contributed by atoms with van der Waals surface area (Å²) in [5.74, 6) is 0.969. The number of fused-ring (bicyclic) bond motifs is 2. The predicted octanol–water partition coefficient (Wildman–Crippen LogP) is 4.23. The van der Waals surface area contributed by atoms with Crippen LogP contribution < -0.4 is 5.32 Å². The summed E-state index contributed by atoms with van der Waals surface area (Å²) < 4.78 is 0. The molecular formula is C23H24ClN5O. The Hall–Kier alpha value is -2.83. The summed E-state index contributed by atoms with van der Waals surface area (Å²) in [6, 6.07) is 13.8. The lowest BCUT2D eigenvalue weighted by atomic mass is 9.95. The van der Waals surface area contributed by atoms with Crippen LogP contribution in [0.4, 0.5) is 0 Å². The van der Waals surface area contributed by atoms with E-state index in [2.05, 4.69) is 31.4 Å². The summed E-state index contributed by atoms with van der Waals surface area (Å²) in [6.07, 6.45) is 3.80. The Morgan fingerprint density at radius 3 is 2.83 bits per heavy atom. The summed E-state index contributed by atoms with van der Waals surface area (Å²) in [7, 11) is 0. The van der Waals surface area contributed by atoms with E-state index in [1.165, 1.54) is 10.9 Å². The van der Waals surface area contributed by atoms with Crippen molar-refractivity contribution in [3.05, 3.63) is 65.1 Å². The highest BCUT2D eigenvalue weighted by atomic mass is 35.5. The van der Waals surface area contributed by atoms with Crippen LogP contribution in [0.1, 0.15) is 24.2 Å². The van der Waals surface area contributed by atoms with Crippen molar-refractivity contribution in [2.24, 2.45) is 5.92 Å². The summed E-state index contributed by atoms with van der Waals surface area (Å²) in [5, 5.41) is 4.98. The largest absolute Gasteiger partial charge is 0.361 e. The van der Waals surface area contributed by atoms with Crippen LogP contribution >= 0.6 is 11.6 Å². The first-order valence-electron chi connectivity index (χ1n) is 10.3. The average Bonchev–Trinajstić information content (AvgIpc) is 3.36. The van der Waals surface area contributed by atoms with Crippen molar-refractivity contribution in [2.45, 2.75) is 25.9 Å². The second-order valence-corrected chi connectivity index (χ2v) is 8.41. The Morgan fingerprint density at radius 2 is 2.00 bits per heavy atom. The molecule has 1 amide bonds. The lowest BCUT2D eigenvalue weighted by Crippen LogP contribution is -2.40. The van der Waals surface area contributed by atoms with E-state index in [0.717, 1.165) is 59.9 Å². The zero-order valence-electron chi connectivity index (χ0n) is 16.6. The molecule has 2 aromatic heterocycles. The van der Waals surface area contributed by atoms with Gasteiger partial charge in [-0.3, -0.25) is 9.69 Å². The topological polar surface area (TPSA) is 76.8 Å². The zero-order chi connectivity index (χ0) is 20.5. The Labute approximate surface area is 179 Å². The minimum absolute atomic E-state index is 0.0584. The van der Waals surface area contributed by atoms with Crippen molar-refractivity contribution in [1.29, 1.82) is 0 Å². The number of hydrogen-bond acceptors (Lipinski definition) is 3. The lowest BCUT2D eigenvalue weighted by Gasteiger charge is -2.31. The Kier molecular flexibility index (Phi) is 5.19. The number of H-pyrrole nitrogens is 2. The molecule has 4 aromatic rings. The molecule has 1 aliphatic heterocycles. The number of piperidine rings is 1. The molecule has 1 fully saturated rings. The van der Waals surface area contributed by atoms with Crippen LogP contribution in [-0.4, -0.2) is 38.8 Å². The van der Waals surface area contributed by atoms with Gasteiger partial charge in [-0.1, -0.05) is 23.7 Å². The molecule has 1 saturated heterocycles. The zero-order valence-corrected chi connectivity index (χ0v) is 17.4. The van der Waals surface area contributed by atoms with Gasteiger partial charge in [0.15, 0.2) is 0 Å². The van der Waals surface area contributed by atoms with Crippen molar-refractivity contribution in [3.8, 4) is 0 Å². The summed E-state index contributed by atoms with van der Waals surface area (Å²) in [6.45, 7) is 3.13. The Balaban J connectivity index is 1.14. The van der Waals surface area contributed by atoms with Gasteiger partial charge >= 0.3 is 0 Å². The third kappa shape index (κ3) is 3.93. The molecule has 154 valence electrons. The molecular weight excluding hydrogens is 398 g/mol. The van der Waals surface area contributed by atoms with E-state index in [4.69, 9.17) is 11.6 Å². The van der Waals surface area contributed by atoms with Crippen LogP contribution in [0.5, 0.6) is 0 Å². The highest BCUT2D eigenvalue weighted by Gasteiger charge is 2.25. The minimum Gasteiger partial charge on any atom is -0.361 e. The molecule has 30 heavy (non-hydrogen) atoms. The maximum Gasteiger partial charge on any atom is 0.223 e. The van der Waals surface area contributed by atoms with Crippen molar-refractivity contribution in [1.82, 2.24) is 25.2 Å². The van der Waals surface area contributed by atoms with E-state index in [1.54, 1.807) is 0 Å². The molecule has 3 heterocycles. The van der Waals surface area contributed by atoms with Gasteiger partial charge in [0.1, 0.15) is 5.82 Å². The Bertz CT molecular complexity index is 1160. The number of likely N-dealkylation sites (tertiary alicyclic amines) is 1. The monoisotopic (exact) mass is 421 g/mol. The first-order chi connectivity index (χ1) is 14.7.